The summed E-state index contributed by atoms with van der Waals surface area (Å²) in [4.78, 5) is 17.5. The van der Waals surface area contributed by atoms with Gasteiger partial charge in [0.2, 0.25) is 0 Å². The van der Waals surface area contributed by atoms with E-state index in [2.05, 4.69) is 4.90 Å². The lowest BCUT2D eigenvalue weighted by Crippen LogP contribution is -2.33. The number of nitrogens with zero attached hydrogens (tertiary/aromatic N) is 2. The first-order valence-corrected chi connectivity index (χ1v) is 10.8. The number of phenolic OH excluding ortho intramolecular Hbond substituents is 1. The number of piperidine rings is 1. The van der Waals surface area contributed by atoms with E-state index in [1.165, 1.54) is 19.3 Å². The van der Waals surface area contributed by atoms with Crippen LogP contribution in [0.3, 0.4) is 0 Å². The third-order valence-corrected chi connectivity index (χ3v) is 5.55. The second-order valence-electron chi connectivity index (χ2n) is 7.77. The quantitative estimate of drug-likeness (QED) is 0.573. The number of rotatable bonds is 7. The van der Waals surface area contributed by atoms with Gasteiger partial charge in [-0.3, -0.25) is 14.6 Å². The Morgan fingerprint density at radius 2 is 1.48 bits per heavy atom. The molecule has 1 aliphatic heterocycles. The summed E-state index contributed by atoms with van der Waals surface area (Å²) in [6.45, 7) is 3.90. The fourth-order valence-electron chi connectivity index (χ4n) is 3.86. The van der Waals surface area contributed by atoms with E-state index in [9.17, 15) is 9.90 Å². The highest BCUT2D eigenvalue weighted by atomic mass is 16.5. The van der Waals surface area contributed by atoms with Crippen molar-refractivity contribution in [3.8, 4) is 11.5 Å². The van der Waals surface area contributed by atoms with Gasteiger partial charge in [-0.15, -0.1) is 0 Å². The third-order valence-electron chi connectivity index (χ3n) is 5.55. The predicted molar refractivity (Wildman–Crippen MR) is 123 cm³/mol. The standard InChI is InChI=1S/C26H28N2O3/c29-24-13-11-23(12-14-24)28(22-7-3-1-4-8-22)26(30)21-9-15-25(16-10-21)31-20-19-27-17-5-2-6-18-27/h1,3-4,7-16,29H,2,5-6,17-20H2. The van der Waals surface area contributed by atoms with Gasteiger partial charge in [0.25, 0.3) is 5.91 Å². The second kappa shape index (κ2) is 10.1. The molecule has 0 aromatic heterocycles. The number of carbonyl (C=O) groups is 1. The molecule has 0 spiro atoms. The van der Waals surface area contributed by atoms with Crippen LogP contribution in [0.25, 0.3) is 0 Å². The molecule has 1 heterocycles. The zero-order chi connectivity index (χ0) is 21.5. The summed E-state index contributed by atoms with van der Waals surface area (Å²) < 4.78 is 5.89. The first kappa shape index (κ1) is 20.9. The number of carbonyl (C=O) groups excluding carboxylic acids is 1. The van der Waals surface area contributed by atoms with Gasteiger partial charge < -0.3 is 9.84 Å². The first-order chi connectivity index (χ1) is 15.2. The minimum absolute atomic E-state index is 0.142. The molecule has 3 aromatic carbocycles. The molecular formula is C26H28N2O3. The molecule has 3 aromatic rings. The zero-order valence-corrected chi connectivity index (χ0v) is 17.6. The van der Waals surface area contributed by atoms with Crippen LogP contribution in [0.2, 0.25) is 0 Å². The molecule has 31 heavy (non-hydrogen) atoms. The molecule has 160 valence electrons. The van der Waals surface area contributed by atoms with E-state index in [0.717, 1.165) is 31.1 Å². The minimum Gasteiger partial charge on any atom is -0.508 e. The Morgan fingerprint density at radius 3 is 2.16 bits per heavy atom. The smallest absolute Gasteiger partial charge is 0.262 e. The van der Waals surface area contributed by atoms with Crippen molar-refractivity contribution in [3.05, 3.63) is 84.4 Å². The first-order valence-electron chi connectivity index (χ1n) is 10.8. The van der Waals surface area contributed by atoms with Gasteiger partial charge in [-0.2, -0.15) is 0 Å². The molecule has 0 aliphatic carbocycles. The maximum Gasteiger partial charge on any atom is 0.262 e. The fraction of sp³-hybridized carbons (Fsp3) is 0.269. The van der Waals surface area contributed by atoms with Crippen LogP contribution in [0.5, 0.6) is 11.5 Å². The van der Waals surface area contributed by atoms with Gasteiger partial charge in [-0.05, 0) is 86.6 Å². The van der Waals surface area contributed by atoms with E-state index in [4.69, 9.17) is 4.74 Å². The molecule has 0 atom stereocenters. The molecule has 1 fully saturated rings. The summed E-state index contributed by atoms with van der Waals surface area (Å²) in [6.07, 6.45) is 3.88. The largest absolute Gasteiger partial charge is 0.508 e. The number of benzene rings is 3. The van der Waals surface area contributed by atoms with E-state index in [1.54, 1.807) is 41.3 Å². The molecular weight excluding hydrogens is 388 g/mol. The van der Waals surface area contributed by atoms with Crippen molar-refractivity contribution < 1.29 is 14.6 Å². The lowest BCUT2D eigenvalue weighted by atomic mass is 10.1. The number of phenols is 1. The molecule has 5 heteroatoms. The SMILES string of the molecule is O=C(c1ccc(OCCN2CCCCC2)cc1)N(c1ccccc1)c1ccc(O)cc1. The molecule has 1 aliphatic rings. The van der Waals surface area contributed by atoms with Crippen LogP contribution >= 0.6 is 0 Å². The van der Waals surface area contributed by atoms with Crippen molar-refractivity contribution in [2.45, 2.75) is 19.3 Å². The van der Waals surface area contributed by atoms with Crippen molar-refractivity contribution in [1.82, 2.24) is 4.90 Å². The predicted octanol–water partition coefficient (Wildman–Crippen LogP) is 5.24. The fourth-order valence-corrected chi connectivity index (χ4v) is 3.86. The van der Waals surface area contributed by atoms with Gasteiger partial charge >= 0.3 is 0 Å². The lowest BCUT2D eigenvalue weighted by Gasteiger charge is -2.26. The van der Waals surface area contributed by atoms with Crippen molar-refractivity contribution in [1.29, 1.82) is 0 Å². The maximum atomic E-state index is 13.4. The van der Waals surface area contributed by atoms with Crippen molar-refractivity contribution in [2.75, 3.05) is 31.1 Å². The van der Waals surface area contributed by atoms with Gasteiger partial charge in [-0.25, -0.2) is 0 Å². The number of anilines is 2. The van der Waals surface area contributed by atoms with Crippen molar-refractivity contribution in [3.63, 3.8) is 0 Å². The number of para-hydroxylation sites is 1. The number of amides is 1. The zero-order valence-electron chi connectivity index (χ0n) is 17.6. The summed E-state index contributed by atoms with van der Waals surface area (Å²) >= 11 is 0. The Hall–Kier alpha value is -3.31. The van der Waals surface area contributed by atoms with Crippen LogP contribution in [-0.2, 0) is 0 Å². The molecule has 1 saturated heterocycles. The van der Waals surface area contributed by atoms with Crippen molar-refractivity contribution in [2.24, 2.45) is 0 Å². The number of ether oxygens (including phenoxy) is 1. The lowest BCUT2D eigenvalue weighted by molar-refractivity contribution is 0.0999. The van der Waals surface area contributed by atoms with Crippen LogP contribution in [0, 0.1) is 0 Å². The Morgan fingerprint density at radius 1 is 0.839 bits per heavy atom. The maximum absolute atomic E-state index is 13.4. The summed E-state index contributed by atoms with van der Waals surface area (Å²) in [6, 6.07) is 23.4. The molecule has 1 N–H and O–H groups in total. The average Bonchev–Trinajstić information content (AvgIpc) is 2.82. The Balaban J connectivity index is 1.46. The van der Waals surface area contributed by atoms with Gasteiger partial charge in [0.15, 0.2) is 0 Å². The molecule has 0 unspecified atom stereocenters. The topological polar surface area (TPSA) is 53.0 Å². The van der Waals surface area contributed by atoms with E-state index >= 15 is 0 Å². The number of hydrogen-bond acceptors (Lipinski definition) is 4. The Kier molecular flexibility index (Phi) is 6.85. The Labute approximate surface area is 183 Å². The number of aromatic hydroxyl groups is 1. The van der Waals surface area contributed by atoms with Gasteiger partial charge in [0.1, 0.15) is 18.1 Å². The second-order valence-corrected chi connectivity index (χ2v) is 7.77. The Bertz CT molecular complexity index is 966. The molecule has 0 bridgehead atoms. The van der Waals surface area contributed by atoms with Crippen LogP contribution in [0.15, 0.2) is 78.9 Å². The van der Waals surface area contributed by atoms with E-state index < -0.39 is 0 Å². The van der Waals surface area contributed by atoms with Crippen LogP contribution < -0.4 is 9.64 Å². The summed E-state index contributed by atoms with van der Waals surface area (Å²) in [5.41, 5.74) is 2.02. The van der Waals surface area contributed by atoms with Crippen molar-refractivity contribution >= 4 is 17.3 Å². The number of likely N-dealkylation sites (tertiary alicyclic amines) is 1. The highest BCUT2D eigenvalue weighted by molar-refractivity contribution is 6.10. The molecule has 5 nitrogen and oxygen atoms in total. The van der Waals surface area contributed by atoms with Crippen LogP contribution in [0.4, 0.5) is 11.4 Å². The average molecular weight is 417 g/mol. The summed E-state index contributed by atoms with van der Waals surface area (Å²) in [5, 5.41) is 9.63. The molecule has 1 amide bonds. The summed E-state index contributed by atoms with van der Waals surface area (Å²) in [7, 11) is 0. The normalized spacial score (nSPS) is 14.2. The number of hydrogen-bond donors (Lipinski definition) is 1. The van der Waals surface area contributed by atoms with E-state index in [0.29, 0.717) is 17.9 Å². The highest BCUT2D eigenvalue weighted by Gasteiger charge is 2.20. The minimum atomic E-state index is -0.142. The van der Waals surface area contributed by atoms with Gasteiger partial charge in [0.05, 0.1) is 0 Å². The third kappa shape index (κ3) is 5.44. The van der Waals surface area contributed by atoms with Crippen LogP contribution in [0.1, 0.15) is 29.6 Å². The van der Waals surface area contributed by atoms with E-state index in [1.807, 2.05) is 42.5 Å². The molecule has 0 radical (unpaired) electrons. The molecule has 4 rings (SSSR count). The van der Waals surface area contributed by atoms with E-state index in [-0.39, 0.29) is 11.7 Å². The monoisotopic (exact) mass is 416 g/mol. The van der Waals surface area contributed by atoms with Gasteiger partial charge in [0, 0.05) is 23.5 Å². The highest BCUT2D eigenvalue weighted by Crippen LogP contribution is 2.29. The summed E-state index contributed by atoms with van der Waals surface area (Å²) in [5.74, 6) is 0.788. The molecule has 0 saturated carbocycles. The van der Waals surface area contributed by atoms with Crippen LogP contribution in [-0.4, -0.2) is 42.2 Å². The van der Waals surface area contributed by atoms with Gasteiger partial charge in [-0.1, -0.05) is 24.6 Å².